The van der Waals surface area contributed by atoms with Gasteiger partial charge in [0.15, 0.2) is 23.4 Å². The van der Waals surface area contributed by atoms with Gasteiger partial charge >= 0.3 is 5.97 Å². The van der Waals surface area contributed by atoms with E-state index in [1.54, 1.807) is 36.4 Å². The summed E-state index contributed by atoms with van der Waals surface area (Å²) >= 11 is 0. The number of carbonyl (C=O) groups is 3. The predicted octanol–water partition coefficient (Wildman–Crippen LogP) is 5.93. The van der Waals surface area contributed by atoms with Crippen molar-refractivity contribution in [1.82, 2.24) is 4.98 Å². The molecular weight excluding hydrogens is 470 g/mol. The Kier molecular flexibility index (Phi) is 7.72. The fourth-order valence-corrected chi connectivity index (χ4v) is 4.28. The second kappa shape index (κ2) is 11.1. The molecule has 0 saturated carbocycles. The molecule has 7 heteroatoms. The van der Waals surface area contributed by atoms with Gasteiger partial charge in [0.1, 0.15) is 0 Å². The smallest absolute Gasteiger partial charge is 0.339 e. The quantitative estimate of drug-likeness (QED) is 0.215. The summed E-state index contributed by atoms with van der Waals surface area (Å²) < 4.78 is 16.8. The van der Waals surface area contributed by atoms with Gasteiger partial charge in [-0.1, -0.05) is 36.4 Å². The topological polar surface area (TPSA) is 94.7 Å². The summed E-state index contributed by atoms with van der Waals surface area (Å²) in [6, 6.07) is 18.8. The van der Waals surface area contributed by atoms with Gasteiger partial charge in [-0.15, -0.1) is 0 Å². The number of benzene rings is 3. The van der Waals surface area contributed by atoms with Crippen molar-refractivity contribution < 1.29 is 28.6 Å². The molecule has 0 spiro atoms. The number of H-pyrrole nitrogens is 1. The van der Waals surface area contributed by atoms with E-state index < -0.39 is 12.1 Å². The van der Waals surface area contributed by atoms with E-state index in [1.807, 2.05) is 45.0 Å². The molecule has 1 N–H and O–H groups in total. The summed E-state index contributed by atoms with van der Waals surface area (Å²) in [6.07, 6.45) is -1.05. The van der Waals surface area contributed by atoms with Crippen LogP contribution in [-0.2, 0) is 4.74 Å². The van der Waals surface area contributed by atoms with Gasteiger partial charge in [-0.3, -0.25) is 9.59 Å². The van der Waals surface area contributed by atoms with Crippen molar-refractivity contribution in [2.24, 2.45) is 0 Å². The van der Waals surface area contributed by atoms with E-state index >= 15 is 0 Å². The number of carbonyl (C=O) groups excluding carboxylic acids is 3. The highest BCUT2D eigenvalue weighted by Crippen LogP contribution is 2.30. The van der Waals surface area contributed by atoms with Gasteiger partial charge in [0.2, 0.25) is 5.78 Å². The number of rotatable bonds is 10. The van der Waals surface area contributed by atoms with Crippen LogP contribution in [-0.4, -0.2) is 41.8 Å². The molecule has 1 unspecified atom stereocenters. The molecule has 4 rings (SSSR count). The van der Waals surface area contributed by atoms with Gasteiger partial charge in [-0.25, -0.2) is 4.79 Å². The van der Waals surface area contributed by atoms with Crippen LogP contribution in [0.15, 0.2) is 66.7 Å². The number of aryl methyl sites for hydroxylation is 1. The first-order chi connectivity index (χ1) is 17.8. The maximum Gasteiger partial charge on any atom is 0.339 e. The minimum Gasteiger partial charge on any atom is -0.490 e. The molecule has 0 fully saturated rings. The standard InChI is InChI=1S/C30H29NO6/c1-5-35-25-16-15-20(17-26(25)36-6-2)29(33)21-11-7-8-12-22(21)30(34)37-19(4)28(32)27-18(3)31-24-14-10-9-13-23(24)27/h7-17,19,31H,5-6H2,1-4H3. The minimum atomic E-state index is -1.05. The SMILES string of the molecule is CCOc1ccc(C(=O)c2ccccc2C(=O)OC(C)C(=O)c2c(C)[nH]c3ccccc23)cc1OCC. The van der Waals surface area contributed by atoms with E-state index in [0.29, 0.717) is 41.5 Å². The van der Waals surface area contributed by atoms with E-state index in [-0.39, 0.29) is 22.7 Å². The van der Waals surface area contributed by atoms with Crippen LogP contribution in [0.25, 0.3) is 10.9 Å². The third kappa shape index (κ3) is 5.26. The lowest BCUT2D eigenvalue weighted by Crippen LogP contribution is -2.26. The van der Waals surface area contributed by atoms with E-state index in [1.165, 1.54) is 13.0 Å². The Bertz CT molecular complexity index is 1470. The number of esters is 1. The molecule has 0 bridgehead atoms. The Hall–Kier alpha value is -4.39. The Balaban J connectivity index is 1.59. The summed E-state index contributed by atoms with van der Waals surface area (Å²) in [4.78, 5) is 43.0. The van der Waals surface area contributed by atoms with Gasteiger partial charge in [0.05, 0.1) is 18.8 Å². The van der Waals surface area contributed by atoms with Crippen molar-refractivity contribution in [2.45, 2.75) is 33.8 Å². The normalized spacial score (nSPS) is 11.7. The third-order valence-corrected chi connectivity index (χ3v) is 5.99. The van der Waals surface area contributed by atoms with Gasteiger partial charge < -0.3 is 19.2 Å². The first-order valence-corrected chi connectivity index (χ1v) is 12.2. The number of Topliss-reactive ketones (excluding diaryl/α,β-unsaturated/α-hetero) is 1. The van der Waals surface area contributed by atoms with Crippen LogP contribution >= 0.6 is 0 Å². The second-order valence-electron chi connectivity index (χ2n) is 8.48. The number of aromatic amines is 1. The van der Waals surface area contributed by atoms with Crippen molar-refractivity contribution >= 4 is 28.4 Å². The van der Waals surface area contributed by atoms with Crippen LogP contribution in [0.5, 0.6) is 11.5 Å². The van der Waals surface area contributed by atoms with Gasteiger partial charge in [-0.05, 0) is 58.0 Å². The van der Waals surface area contributed by atoms with Crippen LogP contribution in [0.1, 0.15) is 63.1 Å². The first kappa shape index (κ1) is 25.7. The molecule has 7 nitrogen and oxygen atoms in total. The van der Waals surface area contributed by atoms with Gasteiger partial charge in [-0.2, -0.15) is 0 Å². The monoisotopic (exact) mass is 499 g/mol. The summed E-state index contributed by atoms with van der Waals surface area (Å²) in [5.41, 5.74) is 2.60. The number of fused-ring (bicyclic) bond motifs is 1. The fourth-order valence-electron chi connectivity index (χ4n) is 4.28. The van der Waals surface area contributed by atoms with Crippen LogP contribution in [0.2, 0.25) is 0 Å². The lowest BCUT2D eigenvalue weighted by Gasteiger charge is -2.15. The molecule has 1 atom stereocenters. The highest BCUT2D eigenvalue weighted by Gasteiger charge is 2.27. The molecule has 0 amide bonds. The Morgan fingerprint density at radius 1 is 0.838 bits per heavy atom. The number of aromatic nitrogens is 1. The minimum absolute atomic E-state index is 0.0784. The zero-order valence-corrected chi connectivity index (χ0v) is 21.3. The van der Waals surface area contributed by atoms with Crippen LogP contribution in [0, 0.1) is 6.92 Å². The van der Waals surface area contributed by atoms with Crippen molar-refractivity contribution in [2.75, 3.05) is 13.2 Å². The second-order valence-corrected chi connectivity index (χ2v) is 8.48. The molecule has 0 aliphatic rings. The third-order valence-electron chi connectivity index (χ3n) is 5.99. The van der Waals surface area contributed by atoms with Crippen LogP contribution < -0.4 is 9.47 Å². The predicted molar refractivity (Wildman–Crippen MR) is 141 cm³/mol. The molecule has 0 aliphatic heterocycles. The van der Waals surface area contributed by atoms with Crippen LogP contribution in [0.4, 0.5) is 0 Å². The Morgan fingerprint density at radius 3 is 2.22 bits per heavy atom. The number of para-hydroxylation sites is 1. The maximum atomic E-state index is 13.4. The molecule has 3 aromatic carbocycles. The summed E-state index contributed by atoms with van der Waals surface area (Å²) in [5, 5.41) is 0.768. The number of hydrogen-bond acceptors (Lipinski definition) is 6. The van der Waals surface area contributed by atoms with E-state index in [2.05, 4.69) is 4.98 Å². The zero-order valence-electron chi connectivity index (χ0n) is 21.3. The fraction of sp³-hybridized carbons (Fsp3) is 0.233. The molecule has 1 aromatic heterocycles. The number of nitrogens with one attached hydrogen (secondary N) is 1. The maximum absolute atomic E-state index is 13.4. The average Bonchev–Trinajstić information content (AvgIpc) is 3.24. The average molecular weight is 500 g/mol. The van der Waals surface area contributed by atoms with Gasteiger partial charge in [0.25, 0.3) is 0 Å². The summed E-state index contributed by atoms with van der Waals surface area (Å²) in [7, 11) is 0. The van der Waals surface area contributed by atoms with Crippen molar-refractivity contribution in [3.8, 4) is 11.5 Å². The lowest BCUT2D eigenvalue weighted by molar-refractivity contribution is 0.0317. The molecule has 37 heavy (non-hydrogen) atoms. The lowest BCUT2D eigenvalue weighted by atomic mass is 9.98. The molecule has 0 radical (unpaired) electrons. The number of hydrogen-bond donors (Lipinski definition) is 1. The van der Waals surface area contributed by atoms with Crippen molar-refractivity contribution in [3.63, 3.8) is 0 Å². The van der Waals surface area contributed by atoms with Gasteiger partial charge in [0, 0.05) is 33.3 Å². The summed E-state index contributed by atoms with van der Waals surface area (Å²) in [5.74, 6) is -0.460. The highest BCUT2D eigenvalue weighted by molar-refractivity contribution is 6.15. The number of ether oxygens (including phenoxy) is 3. The van der Waals surface area contributed by atoms with E-state index in [4.69, 9.17) is 14.2 Å². The Morgan fingerprint density at radius 2 is 1.49 bits per heavy atom. The first-order valence-electron chi connectivity index (χ1n) is 12.2. The molecule has 4 aromatic rings. The van der Waals surface area contributed by atoms with Crippen molar-refractivity contribution in [3.05, 3.63) is 94.7 Å². The highest BCUT2D eigenvalue weighted by atomic mass is 16.5. The van der Waals surface area contributed by atoms with Crippen LogP contribution in [0.3, 0.4) is 0 Å². The molecule has 1 heterocycles. The number of ketones is 2. The van der Waals surface area contributed by atoms with Crippen molar-refractivity contribution in [1.29, 1.82) is 0 Å². The van der Waals surface area contributed by atoms with E-state index in [0.717, 1.165) is 10.9 Å². The molecule has 0 aliphatic carbocycles. The molecule has 0 saturated heterocycles. The largest absolute Gasteiger partial charge is 0.490 e. The molecular formula is C30H29NO6. The zero-order chi connectivity index (χ0) is 26.5. The summed E-state index contributed by atoms with van der Waals surface area (Å²) in [6.45, 7) is 7.91. The Labute approximate surface area is 215 Å². The van der Waals surface area contributed by atoms with E-state index in [9.17, 15) is 14.4 Å². The molecule has 190 valence electrons.